The Labute approximate surface area is 207 Å². The number of halogens is 1. The number of benzene rings is 2. The van der Waals surface area contributed by atoms with Crippen LogP contribution >= 0.6 is 0 Å². The fraction of sp³-hybridized carbons (Fsp3) is 0.345. The van der Waals surface area contributed by atoms with Crippen molar-refractivity contribution in [1.29, 1.82) is 0 Å². The van der Waals surface area contributed by atoms with Gasteiger partial charge in [-0.2, -0.15) is 0 Å². The second kappa shape index (κ2) is 12.2. The Balaban J connectivity index is 0.000000198. The van der Waals surface area contributed by atoms with Crippen LogP contribution in [-0.4, -0.2) is 43.9 Å². The highest BCUT2D eigenvalue weighted by atomic mass is 19.1. The lowest BCUT2D eigenvalue weighted by Crippen LogP contribution is -2.26. The van der Waals surface area contributed by atoms with Gasteiger partial charge < -0.3 is 14.5 Å². The second-order valence-electron chi connectivity index (χ2n) is 8.55. The van der Waals surface area contributed by atoms with Gasteiger partial charge in [0.15, 0.2) is 12.5 Å². The molecule has 2 aliphatic rings. The molecule has 2 heterocycles. The lowest BCUT2D eigenvalue weighted by atomic mass is 10.0. The molecule has 0 saturated carbocycles. The SMILES string of the molecule is C/C=C(\C=O)N=C1[C@@H](F)C[C@@H](c2ccccc2)N1C.C=C=C1[C@@H](CC)COc2ccccc2N1C. The number of nitrogens with zero attached hydrogens (tertiary/aromatic N) is 3. The minimum Gasteiger partial charge on any atom is -0.491 e. The summed E-state index contributed by atoms with van der Waals surface area (Å²) in [4.78, 5) is 18.8. The van der Waals surface area contributed by atoms with E-state index in [0.29, 0.717) is 31.1 Å². The molecule has 1 fully saturated rings. The van der Waals surface area contributed by atoms with Gasteiger partial charge in [0.25, 0.3) is 0 Å². The molecule has 0 aromatic heterocycles. The van der Waals surface area contributed by atoms with Crippen molar-refractivity contribution in [3.63, 3.8) is 0 Å². The number of anilines is 1. The third-order valence-corrected chi connectivity index (χ3v) is 6.47. The Morgan fingerprint density at radius 3 is 2.51 bits per heavy atom. The van der Waals surface area contributed by atoms with E-state index in [1.54, 1.807) is 13.0 Å². The fourth-order valence-electron chi connectivity index (χ4n) is 4.42. The predicted molar refractivity (Wildman–Crippen MR) is 140 cm³/mol. The molecule has 0 bridgehead atoms. The molecule has 5 nitrogen and oxygen atoms in total. The minimum atomic E-state index is -1.13. The highest BCUT2D eigenvalue weighted by Crippen LogP contribution is 2.36. The van der Waals surface area contributed by atoms with Crippen molar-refractivity contribution in [2.45, 2.75) is 38.9 Å². The molecule has 0 amide bonds. The zero-order valence-electron chi connectivity index (χ0n) is 20.9. The fourth-order valence-corrected chi connectivity index (χ4v) is 4.42. The van der Waals surface area contributed by atoms with Crippen molar-refractivity contribution >= 4 is 17.8 Å². The van der Waals surface area contributed by atoms with Crippen LogP contribution in [0.25, 0.3) is 0 Å². The van der Waals surface area contributed by atoms with Gasteiger partial charge in [-0.15, -0.1) is 5.73 Å². The molecule has 0 unspecified atom stereocenters. The summed E-state index contributed by atoms with van der Waals surface area (Å²) in [6, 6.07) is 17.8. The zero-order valence-corrected chi connectivity index (χ0v) is 20.9. The first-order valence-electron chi connectivity index (χ1n) is 11.9. The largest absolute Gasteiger partial charge is 0.491 e. The number of aliphatic imine (C=N–C) groups is 1. The number of allylic oxidation sites excluding steroid dienone is 2. The maximum Gasteiger partial charge on any atom is 0.168 e. The number of carbonyl (C=O) groups excluding carboxylic acids is 1. The Bertz CT molecular complexity index is 1120. The van der Waals surface area contributed by atoms with Gasteiger partial charge >= 0.3 is 0 Å². The number of likely N-dealkylation sites (tertiary alicyclic amines) is 1. The average molecular weight is 476 g/mol. The molecular formula is C29H34FN3O2. The summed E-state index contributed by atoms with van der Waals surface area (Å²) in [5.41, 5.74) is 6.58. The molecule has 0 N–H and O–H groups in total. The van der Waals surface area contributed by atoms with Crippen molar-refractivity contribution in [3.8, 4) is 5.75 Å². The van der Waals surface area contributed by atoms with E-state index in [2.05, 4.69) is 35.2 Å². The number of alkyl halides is 1. The number of hydrogen-bond donors (Lipinski definition) is 0. The van der Waals surface area contributed by atoms with Crippen LogP contribution in [0.1, 0.15) is 38.3 Å². The number of aldehydes is 1. The maximum atomic E-state index is 14.1. The molecule has 35 heavy (non-hydrogen) atoms. The summed E-state index contributed by atoms with van der Waals surface area (Å²) in [5, 5.41) is 0. The summed E-state index contributed by atoms with van der Waals surface area (Å²) in [6.45, 7) is 8.37. The van der Waals surface area contributed by atoms with E-state index in [9.17, 15) is 9.18 Å². The van der Waals surface area contributed by atoms with Crippen molar-refractivity contribution in [3.05, 3.63) is 89.9 Å². The lowest BCUT2D eigenvalue weighted by molar-refractivity contribution is -0.104. The first kappa shape index (κ1) is 26.0. The quantitative estimate of drug-likeness (QED) is 0.304. The summed E-state index contributed by atoms with van der Waals surface area (Å²) in [5.74, 6) is 1.64. The number of hydrogen-bond acceptors (Lipinski definition) is 4. The van der Waals surface area contributed by atoms with Gasteiger partial charge in [-0.05, 0) is 31.0 Å². The van der Waals surface area contributed by atoms with Gasteiger partial charge in [0.05, 0.1) is 24.0 Å². The van der Waals surface area contributed by atoms with Crippen LogP contribution in [0.15, 0.2) is 89.4 Å². The van der Waals surface area contributed by atoms with Gasteiger partial charge in [-0.25, -0.2) is 9.38 Å². The molecule has 184 valence electrons. The third kappa shape index (κ3) is 5.90. The monoisotopic (exact) mass is 475 g/mol. The molecular weight excluding hydrogens is 441 g/mol. The van der Waals surface area contributed by atoms with E-state index in [-0.39, 0.29) is 11.7 Å². The number of fused-ring (bicyclic) bond motifs is 1. The molecule has 1 saturated heterocycles. The van der Waals surface area contributed by atoms with E-state index in [4.69, 9.17) is 4.74 Å². The summed E-state index contributed by atoms with van der Waals surface area (Å²) < 4.78 is 19.9. The Morgan fingerprint density at radius 1 is 1.20 bits per heavy atom. The van der Waals surface area contributed by atoms with Crippen LogP contribution in [-0.2, 0) is 4.79 Å². The Kier molecular flexibility index (Phi) is 9.04. The van der Waals surface area contributed by atoms with Crippen LogP contribution in [0.5, 0.6) is 5.75 Å². The second-order valence-corrected chi connectivity index (χ2v) is 8.55. The van der Waals surface area contributed by atoms with Crippen molar-refractivity contribution in [2.24, 2.45) is 10.9 Å². The molecule has 0 aliphatic carbocycles. The molecule has 2 aromatic carbocycles. The zero-order chi connectivity index (χ0) is 25.4. The van der Waals surface area contributed by atoms with Crippen LogP contribution in [0.3, 0.4) is 0 Å². The van der Waals surface area contributed by atoms with Crippen LogP contribution in [0.4, 0.5) is 10.1 Å². The van der Waals surface area contributed by atoms with Crippen LogP contribution in [0, 0.1) is 5.92 Å². The highest BCUT2D eigenvalue weighted by Gasteiger charge is 2.36. The van der Waals surface area contributed by atoms with Crippen LogP contribution in [0.2, 0.25) is 0 Å². The van der Waals surface area contributed by atoms with Crippen molar-refractivity contribution < 1.29 is 13.9 Å². The standard InChI is InChI=1S/C15H17FN2O.C14H17NO/c1-3-12(10-19)17-15-13(16)9-14(18(15)2)11-7-5-4-6-8-11;1-4-11-10-16-14-9-7-6-8-13(14)15(3)12(11)5-2/h3-8,10,13-14H,9H2,1-2H3;6-9,11H,2,4,10H2,1,3H3/b12-3+,17-15?;/t13-,14-;11-/m00/s1. The maximum absolute atomic E-state index is 14.1. The first-order valence-corrected chi connectivity index (χ1v) is 11.9. The van der Waals surface area contributed by atoms with E-state index >= 15 is 0 Å². The van der Waals surface area contributed by atoms with Gasteiger partial charge in [-0.1, -0.05) is 62.0 Å². The Hall–Kier alpha value is -3.63. The Morgan fingerprint density at radius 2 is 1.89 bits per heavy atom. The van der Waals surface area contributed by atoms with Gasteiger partial charge in [0.1, 0.15) is 17.3 Å². The van der Waals surface area contributed by atoms with Gasteiger partial charge in [0, 0.05) is 26.4 Å². The molecule has 6 heteroatoms. The van der Waals surface area contributed by atoms with E-state index in [0.717, 1.165) is 29.1 Å². The normalized spacial score (nSPS) is 23.0. The van der Waals surface area contributed by atoms with Crippen molar-refractivity contribution in [1.82, 2.24) is 4.90 Å². The minimum absolute atomic E-state index is 0.0280. The summed E-state index contributed by atoms with van der Waals surface area (Å²) in [6.07, 6.45) is 2.50. The molecule has 0 radical (unpaired) electrons. The molecule has 2 aliphatic heterocycles. The number of amidine groups is 1. The molecule has 4 rings (SSSR count). The predicted octanol–water partition coefficient (Wildman–Crippen LogP) is 6.11. The first-order chi connectivity index (χ1) is 16.9. The summed E-state index contributed by atoms with van der Waals surface area (Å²) >= 11 is 0. The molecule has 2 aromatic rings. The van der Waals surface area contributed by atoms with Crippen LogP contribution < -0.4 is 9.64 Å². The topological polar surface area (TPSA) is 45.1 Å². The summed E-state index contributed by atoms with van der Waals surface area (Å²) in [7, 11) is 3.86. The number of ether oxygens (including phenoxy) is 1. The van der Waals surface area contributed by atoms with Gasteiger partial charge in [0.2, 0.25) is 0 Å². The van der Waals surface area contributed by atoms with Crippen molar-refractivity contribution in [2.75, 3.05) is 25.6 Å². The number of para-hydroxylation sites is 2. The smallest absolute Gasteiger partial charge is 0.168 e. The third-order valence-electron chi connectivity index (χ3n) is 6.47. The van der Waals surface area contributed by atoms with Gasteiger partial charge in [-0.3, -0.25) is 4.79 Å². The molecule has 0 spiro atoms. The lowest BCUT2D eigenvalue weighted by Gasteiger charge is -2.23. The highest BCUT2D eigenvalue weighted by molar-refractivity contribution is 5.92. The van der Waals surface area contributed by atoms with E-state index < -0.39 is 6.17 Å². The average Bonchev–Trinajstić information content (AvgIpc) is 3.09. The number of rotatable bonds is 4. The van der Waals surface area contributed by atoms with E-state index in [1.165, 1.54) is 0 Å². The number of carbonyl (C=O) groups is 1. The molecule has 3 atom stereocenters. The van der Waals surface area contributed by atoms with E-state index in [1.807, 2.05) is 67.5 Å².